The molecular formula is C16H18N2O4. The maximum Gasteiger partial charge on any atom is 0.250 e. The van der Waals surface area contributed by atoms with Crippen LogP contribution in [0, 0.1) is 0 Å². The van der Waals surface area contributed by atoms with Crippen LogP contribution in [-0.2, 0) is 11.3 Å². The molecule has 2 rings (SSSR count). The van der Waals surface area contributed by atoms with Gasteiger partial charge in [-0.25, -0.2) is 0 Å². The van der Waals surface area contributed by atoms with E-state index < -0.39 is 0 Å². The topological polar surface area (TPSA) is 69.6 Å². The lowest BCUT2D eigenvalue weighted by atomic mass is 10.3. The number of aromatic nitrogens is 1. The summed E-state index contributed by atoms with van der Waals surface area (Å²) in [5.74, 6) is 1.15. The third-order valence-corrected chi connectivity index (χ3v) is 2.95. The molecule has 1 heterocycles. The minimum Gasteiger partial charge on any atom is -0.497 e. The molecule has 0 aliphatic carbocycles. The van der Waals surface area contributed by atoms with Gasteiger partial charge in [0.1, 0.15) is 24.7 Å². The summed E-state index contributed by atoms with van der Waals surface area (Å²) in [7, 11) is 1.59. The van der Waals surface area contributed by atoms with E-state index in [0.717, 1.165) is 0 Å². The maximum absolute atomic E-state index is 11.7. The highest BCUT2D eigenvalue weighted by atomic mass is 16.5. The van der Waals surface area contributed by atoms with Gasteiger partial charge >= 0.3 is 0 Å². The highest BCUT2D eigenvalue weighted by Gasteiger charge is 2.03. The zero-order valence-corrected chi connectivity index (χ0v) is 12.3. The molecule has 0 saturated heterocycles. The van der Waals surface area contributed by atoms with E-state index in [2.05, 4.69) is 5.32 Å². The molecule has 1 aromatic heterocycles. The van der Waals surface area contributed by atoms with Crippen LogP contribution in [-0.4, -0.2) is 30.7 Å². The number of nitrogens with one attached hydrogen (secondary N) is 1. The molecule has 1 aromatic carbocycles. The van der Waals surface area contributed by atoms with Gasteiger partial charge in [-0.3, -0.25) is 9.59 Å². The first-order valence-corrected chi connectivity index (χ1v) is 6.88. The Hall–Kier alpha value is -2.76. The molecule has 0 aliphatic rings. The Bertz CT molecular complexity index is 682. The molecule has 0 saturated carbocycles. The van der Waals surface area contributed by atoms with Crippen LogP contribution in [0.1, 0.15) is 0 Å². The van der Waals surface area contributed by atoms with Crippen molar-refractivity contribution in [3.63, 3.8) is 0 Å². The fourth-order valence-corrected chi connectivity index (χ4v) is 1.85. The van der Waals surface area contributed by atoms with Crippen LogP contribution in [0.25, 0.3) is 0 Å². The molecule has 0 aliphatic heterocycles. The van der Waals surface area contributed by atoms with Crippen LogP contribution in [0.2, 0.25) is 0 Å². The van der Waals surface area contributed by atoms with Gasteiger partial charge in [0, 0.05) is 18.3 Å². The van der Waals surface area contributed by atoms with Gasteiger partial charge in [-0.15, -0.1) is 0 Å². The zero-order chi connectivity index (χ0) is 15.8. The second kappa shape index (κ2) is 7.87. The van der Waals surface area contributed by atoms with Crippen molar-refractivity contribution in [3.05, 3.63) is 59.0 Å². The number of benzene rings is 1. The quantitative estimate of drug-likeness (QED) is 0.776. The number of amides is 1. The lowest BCUT2D eigenvalue weighted by Crippen LogP contribution is -2.34. The summed E-state index contributed by atoms with van der Waals surface area (Å²) >= 11 is 0. The predicted molar refractivity (Wildman–Crippen MR) is 82.2 cm³/mol. The summed E-state index contributed by atoms with van der Waals surface area (Å²) in [6.45, 7) is 0.694. The molecule has 0 unspecified atom stereocenters. The van der Waals surface area contributed by atoms with Gasteiger partial charge in [-0.05, 0) is 18.2 Å². The van der Waals surface area contributed by atoms with Gasteiger partial charge in [0.05, 0.1) is 13.7 Å². The summed E-state index contributed by atoms with van der Waals surface area (Å²) in [6.07, 6.45) is 1.58. The summed E-state index contributed by atoms with van der Waals surface area (Å²) < 4.78 is 11.9. The lowest BCUT2D eigenvalue weighted by molar-refractivity contribution is -0.121. The molecule has 0 radical (unpaired) electrons. The van der Waals surface area contributed by atoms with Crippen LogP contribution in [0.15, 0.2) is 53.5 Å². The van der Waals surface area contributed by atoms with E-state index in [1.54, 1.807) is 31.5 Å². The van der Waals surface area contributed by atoms with E-state index in [4.69, 9.17) is 9.47 Å². The monoisotopic (exact) mass is 302 g/mol. The summed E-state index contributed by atoms with van der Waals surface area (Å²) in [4.78, 5) is 23.2. The first kappa shape index (κ1) is 15.6. The number of pyridine rings is 1. The van der Waals surface area contributed by atoms with E-state index >= 15 is 0 Å². The molecule has 116 valence electrons. The smallest absolute Gasteiger partial charge is 0.250 e. The van der Waals surface area contributed by atoms with Gasteiger partial charge in [-0.2, -0.15) is 0 Å². The van der Waals surface area contributed by atoms with Crippen molar-refractivity contribution in [3.8, 4) is 11.5 Å². The van der Waals surface area contributed by atoms with Crippen molar-refractivity contribution in [2.45, 2.75) is 6.54 Å². The molecule has 0 atom stereocenters. The average Bonchev–Trinajstić information content (AvgIpc) is 2.54. The predicted octanol–water partition coefficient (Wildman–Crippen LogP) is 1.05. The molecule has 1 N–H and O–H groups in total. The Morgan fingerprint density at radius 1 is 1.18 bits per heavy atom. The number of carbonyl (C=O) groups excluding carboxylic acids is 1. The van der Waals surface area contributed by atoms with Gasteiger partial charge < -0.3 is 19.4 Å². The highest BCUT2D eigenvalue weighted by Crippen LogP contribution is 2.18. The van der Waals surface area contributed by atoms with Crippen LogP contribution in [0.3, 0.4) is 0 Å². The summed E-state index contributed by atoms with van der Waals surface area (Å²) in [5.41, 5.74) is -0.203. The van der Waals surface area contributed by atoms with Crippen LogP contribution < -0.4 is 20.3 Å². The van der Waals surface area contributed by atoms with Crippen molar-refractivity contribution in [2.75, 3.05) is 20.3 Å². The molecule has 0 fully saturated rings. The number of nitrogens with zero attached hydrogens (tertiary/aromatic N) is 1. The molecule has 2 aromatic rings. The Kier molecular flexibility index (Phi) is 5.59. The fraction of sp³-hybridized carbons (Fsp3) is 0.250. The van der Waals surface area contributed by atoms with E-state index in [1.807, 2.05) is 18.2 Å². The minimum atomic E-state index is -0.234. The second-order valence-corrected chi connectivity index (χ2v) is 4.54. The number of hydrogen-bond donors (Lipinski definition) is 1. The Morgan fingerprint density at radius 2 is 2.00 bits per heavy atom. The summed E-state index contributed by atoms with van der Waals surface area (Å²) in [5, 5.41) is 2.70. The van der Waals surface area contributed by atoms with E-state index in [-0.39, 0.29) is 18.0 Å². The molecule has 1 amide bonds. The molecule has 22 heavy (non-hydrogen) atoms. The SMILES string of the molecule is COc1cccc(OCCNC(=O)Cn2ccccc2=O)c1. The lowest BCUT2D eigenvalue weighted by Gasteiger charge is -2.09. The highest BCUT2D eigenvalue weighted by molar-refractivity contribution is 5.75. The molecular weight excluding hydrogens is 284 g/mol. The van der Waals surface area contributed by atoms with Gasteiger partial charge in [-0.1, -0.05) is 12.1 Å². The fourth-order valence-electron chi connectivity index (χ4n) is 1.85. The Labute approximate surface area is 128 Å². The van der Waals surface area contributed by atoms with Crippen molar-refractivity contribution in [2.24, 2.45) is 0 Å². The number of methoxy groups -OCH3 is 1. The second-order valence-electron chi connectivity index (χ2n) is 4.54. The van der Waals surface area contributed by atoms with Crippen molar-refractivity contribution < 1.29 is 14.3 Å². The first-order chi connectivity index (χ1) is 10.7. The van der Waals surface area contributed by atoms with Gasteiger partial charge in [0.25, 0.3) is 5.56 Å². The zero-order valence-electron chi connectivity index (χ0n) is 12.3. The van der Waals surface area contributed by atoms with Gasteiger partial charge in [0.15, 0.2) is 0 Å². The van der Waals surface area contributed by atoms with E-state index in [0.29, 0.717) is 24.7 Å². The van der Waals surface area contributed by atoms with Gasteiger partial charge in [0.2, 0.25) is 5.91 Å². The largest absolute Gasteiger partial charge is 0.497 e. The molecule has 6 nitrogen and oxygen atoms in total. The third kappa shape index (κ3) is 4.66. The summed E-state index contributed by atoms with van der Waals surface area (Å²) in [6, 6.07) is 12.0. The third-order valence-electron chi connectivity index (χ3n) is 2.95. The van der Waals surface area contributed by atoms with Crippen molar-refractivity contribution in [1.82, 2.24) is 9.88 Å². The van der Waals surface area contributed by atoms with Crippen LogP contribution in [0.4, 0.5) is 0 Å². The number of ether oxygens (including phenoxy) is 2. The number of rotatable bonds is 7. The Balaban J connectivity index is 1.73. The van der Waals surface area contributed by atoms with E-state index in [1.165, 1.54) is 10.6 Å². The Morgan fingerprint density at radius 3 is 2.77 bits per heavy atom. The number of carbonyl (C=O) groups is 1. The van der Waals surface area contributed by atoms with Crippen LogP contribution in [0.5, 0.6) is 11.5 Å². The first-order valence-electron chi connectivity index (χ1n) is 6.88. The molecule has 0 bridgehead atoms. The van der Waals surface area contributed by atoms with Crippen molar-refractivity contribution in [1.29, 1.82) is 0 Å². The minimum absolute atomic E-state index is 0.00116. The van der Waals surface area contributed by atoms with Crippen LogP contribution >= 0.6 is 0 Å². The molecule has 0 spiro atoms. The normalized spacial score (nSPS) is 10.0. The molecule has 6 heteroatoms. The van der Waals surface area contributed by atoms with E-state index in [9.17, 15) is 9.59 Å². The standard InChI is InChI=1S/C16H18N2O4/c1-21-13-5-4-6-14(11-13)22-10-8-17-15(19)12-18-9-3-2-7-16(18)20/h2-7,9,11H,8,10,12H2,1H3,(H,17,19). The number of hydrogen-bond acceptors (Lipinski definition) is 4. The average molecular weight is 302 g/mol. The van der Waals surface area contributed by atoms with Crippen molar-refractivity contribution >= 4 is 5.91 Å². The maximum atomic E-state index is 11.7.